The van der Waals surface area contributed by atoms with E-state index in [0.29, 0.717) is 16.4 Å². The molecule has 1 saturated heterocycles. The highest BCUT2D eigenvalue weighted by atomic mass is 35.5. The third-order valence-corrected chi connectivity index (χ3v) is 6.20. The maximum atomic E-state index is 13.0. The summed E-state index contributed by atoms with van der Waals surface area (Å²) in [5.41, 5.74) is 5.58. The summed E-state index contributed by atoms with van der Waals surface area (Å²) in [6.45, 7) is 2.06. The van der Waals surface area contributed by atoms with Crippen LogP contribution in [0.2, 0.25) is 5.02 Å². The van der Waals surface area contributed by atoms with Crippen molar-refractivity contribution >= 4 is 51.9 Å². The summed E-state index contributed by atoms with van der Waals surface area (Å²) in [6, 6.07) is 16.6. The van der Waals surface area contributed by atoms with Gasteiger partial charge in [0.25, 0.3) is 5.91 Å². The lowest BCUT2D eigenvalue weighted by Crippen LogP contribution is -2.38. The van der Waals surface area contributed by atoms with Crippen molar-refractivity contribution in [2.24, 2.45) is 0 Å². The van der Waals surface area contributed by atoms with Gasteiger partial charge < -0.3 is 21.4 Å². The number of nitrogens with one attached hydrogen (secondary N) is 4. The van der Waals surface area contributed by atoms with Crippen LogP contribution in [0.1, 0.15) is 23.8 Å². The topological polar surface area (TPSA) is 85.5 Å². The number of hydrazine groups is 1. The number of halogens is 1. The van der Waals surface area contributed by atoms with Crippen molar-refractivity contribution in [3.63, 3.8) is 0 Å². The van der Waals surface area contributed by atoms with Crippen LogP contribution < -0.4 is 21.4 Å². The molecule has 9 heteroatoms. The van der Waals surface area contributed by atoms with E-state index in [-0.39, 0.29) is 5.91 Å². The van der Waals surface area contributed by atoms with Crippen LogP contribution in [0.25, 0.3) is 0 Å². The summed E-state index contributed by atoms with van der Waals surface area (Å²) in [5.74, 6) is -0.320. The Morgan fingerprint density at radius 2 is 1.50 bits per heavy atom. The standard InChI is InChI=1S/C23H24ClN5O2S/c24-16-5-7-18(8-6-16)26-23(31)27-21(20-4-3-15-32-20)22(30)25-17-9-11-19(12-10-17)28-29-13-1-2-14-29/h3-12,15,21,28H,1-2,13-14H2,(H,25,30)(H2,26,27,31). The molecule has 1 atom stereocenters. The van der Waals surface area contributed by atoms with Crippen LogP contribution in [0.3, 0.4) is 0 Å². The van der Waals surface area contributed by atoms with E-state index in [1.165, 1.54) is 24.2 Å². The van der Waals surface area contributed by atoms with Gasteiger partial charge in [-0.05, 0) is 72.8 Å². The molecule has 1 aliphatic heterocycles. The summed E-state index contributed by atoms with van der Waals surface area (Å²) in [6.07, 6.45) is 2.40. The molecule has 32 heavy (non-hydrogen) atoms. The number of benzene rings is 2. The SMILES string of the molecule is O=C(Nc1ccc(Cl)cc1)NC(C(=O)Nc1ccc(NN2CCCC2)cc1)c1cccs1. The Labute approximate surface area is 195 Å². The van der Waals surface area contributed by atoms with Crippen LogP contribution in [0.4, 0.5) is 21.9 Å². The highest BCUT2D eigenvalue weighted by molar-refractivity contribution is 7.10. The number of carbonyl (C=O) groups excluding carboxylic acids is 2. The largest absolute Gasteiger partial charge is 0.324 e. The average molecular weight is 470 g/mol. The van der Waals surface area contributed by atoms with Crippen LogP contribution in [-0.2, 0) is 4.79 Å². The lowest BCUT2D eigenvalue weighted by atomic mass is 10.2. The Morgan fingerprint density at radius 1 is 0.875 bits per heavy atom. The van der Waals surface area contributed by atoms with E-state index >= 15 is 0 Å². The van der Waals surface area contributed by atoms with Crippen LogP contribution in [-0.4, -0.2) is 30.0 Å². The van der Waals surface area contributed by atoms with Gasteiger partial charge >= 0.3 is 6.03 Å². The van der Waals surface area contributed by atoms with Gasteiger partial charge in [0.05, 0.1) is 0 Å². The van der Waals surface area contributed by atoms with Gasteiger partial charge in [-0.2, -0.15) is 0 Å². The smallest absolute Gasteiger partial charge is 0.320 e. The number of carbonyl (C=O) groups is 2. The van der Waals surface area contributed by atoms with E-state index in [1.807, 2.05) is 41.8 Å². The zero-order valence-electron chi connectivity index (χ0n) is 17.3. The molecular weight excluding hydrogens is 446 g/mol. The zero-order valence-corrected chi connectivity index (χ0v) is 18.9. The first-order chi connectivity index (χ1) is 15.6. The molecule has 0 radical (unpaired) electrons. The lowest BCUT2D eigenvalue weighted by molar-refractivity contribution is -0.118. The normalized spacial score (nSPS) is 14.5. The molecule has 0 saturated carbocycles. The zero-order chi connectivity index (χ0) is 22.3. The molecule has 1 aromatic heterocycles. The molecule has 166 valence electrons. The van der Waals surface area contributed by atoms with Gasteiger partial charge in [-0.3, -0.25) is 4.79 Å². The Morgan fingerprint density at radius 3 is 2.16 bits per heavy atom. The first-order valence-electron chi connectivity index (χ1n) is 10.4. The third kappa shape index (κ3) is 6.00. The molecule has 2 aromatic carbocycles. The number of hydrogen-bond donors (Lipinski definition) is 4. The van der Waals surface area contributed by atoms with Gasteiger partial charge in [0.15, 0.2) is 0 Å². The molecule has 1 fully saturated rings. The maximum Gasteiger partial charge on any atom is 0.320 e. The van der Waals surface area contributed by atoms with Crippen molar-refractivity contribution in [1.82, 2.24) is 10.3 Å². The molecule has 0 aliphatic carbocycles. The number of urea groups is 1. The summed E-state index contributed by atoms with van der Waals surface area (Å²) in [7, 11) is 0. The predicted octanol–water partition coefficient (Wildman–Crippen LogP) is 5.33. The molecular formula is C23H24ClN5O2S. The molecule has 0 spiro atoms. The Balaban J connectivity index is 1.39. The molecule has 1 aliphatic rings. The van der Waals surface area contributed by atoms with E-state index in [1.54, 1.807) is 24.3 Å². The van der Waals surface area contributed by atoms with Crippen LogP contribution in [0.15, 0.2) is 66.0 Å². The van der Waals surface area contributed by atoms with Crippen LogP contribution in [0, 0.1) is 0 Å². The molecule has 4 rings (SSSR count). The van der Waals surface area contributed by atoms with Gasteiger partial charge in [-0.1, -0.05) is 17.7 Å². The van der Waals surface area contributed by atoms with Crippen LogP contribution >= 0.6 is 22.9 Å². The van der Waals surface area contributed by atoms with E-state index in [0.717, 1.165) is 23.7 Å². The number of hydrogen-bond acceptors (Lipinski definition) is 5. The summed E-state index contributed by atoms with van der Waals surface area (Å²) < 4.78 is 0. The minimum Gasteiger partial charge on any atom is -0.324 e. The molecule has 7 nitrogen and oxygen atoms in total. The number of anilines is 3. The molecule has 3 amide bonds. The monoisotopic (exact) mass is 469 g/mol. The van der Waals surface area contributed by atoms with Crippen molar-refractivity contribution in [1.29, 1.82) is 0 Å². The molecule has 4 N–H and O–H groups in total. The van der Waals surface area contributed by atoms with Gasteiger partial charge in [-0.25, -0.2) is 9.80 Å². The fourth-order valence-electron chi connectivity index (χ4n) is 3.41. The number of thiophene rings is 1. The molecule has 1 unspecified atom stereocenters. The summed E-state index contributed by atoms with van der Waals surface area (Å²) in [4.78, 5) is 26.3. The van der Waals surface area contributed by atoms with E-state index in [2.05, 4.69) is 26.4 Å². The minimum atomic E-state index is -0.829. The summed E-state index contributed by atoms with van der Waals surface area (Å²) >= 11 is 7.29. The second-order valence-corrected chi connectivity index (χ2v) is 8.84. The highest BCUT2D eigenvalue weighted by Gasteiger charge is 2.24. The number of rotatable bonds is 7. The quantitative estimate of drug-likeness (QED) is 0.377. The molecule has 3 aromatic rings. The van der Waals surface area contributed by atoms with Crippen molar-refractivity contribution in [2.45, 2.75) is 18.9 Å². The third-order valence-electron chi connectivity index (χ3n) is 5.01. The van der Waals surface area contributed by atoms with Gasteiger partial charge in [0.1, 0.15) is 6.04 Å². The van der Waals surface area contributed by atoms with E-state index < -0.39 is 12.1 Å². The first-order valence-corrected chi connectivity index (χ1v) is 11.6. The van der Waals surface area contributed by atoms with Crippen LogP contribution in [0.5, 0.6) is 0 Å². The van der Waals surface area contributed by atoms with Gasteiger partial charge in [-0.15, -0.1) is 11.3 Å². The number of amides is 3. The predicted molar refractivity (Wildman–Crippen MR) is 130 cm³/mol. The van der Waals surface area contributed by atoms with Gasteiger partial charge in [0.2, 0.25) is 0 Å². The van der Waals surface area contributed by atoms with Crippen molar-refractivity contribution in [3.8, 4) is 0 Å². The van der Waals surface area contributed by atoms with Crippen molar-refractivity contribution < 1.29 is 9.59 Å². The Hall–Kier alpha value is -3.07. The van der Waals surface area contributed by atoms with Crippen molar-refractivity contribution in [3.05, 3.63) is 75.9 Å². The fourth-order valence-corrected chi connectivity index (χ4v) is 4.31. The Kier molecular flexibility index (Phi) is 7.26. The van der Waals surface area contributed by atoms with Crippen molar-refractivity contribution in [2.75, 3.05) is 29.1 Å². The maximum absolute atomic E-state index is 13.0. The fraction of sp³-hybridized carbons (Fsp3) is 0.217. The van der Waals surface area contributed by atoms with E-state index in [9.17, 15) is 9.59 Å². The summed E-state index contributed by atoms with van der Waals surface area (Å²) in [5, 5.41) is 13.0. The first kappa shape index (κ1) is 22.1. The number of nitrogens with zero attached hydrogens (tertiary/aromatic N) is 1. The highest BCUT2D eigenvalue weighted by Crippen LogP contribution is 2.23. The second kappa shape index (κ2) is 10.5. The average Bonchev–Trinajstić information content (AvgIpc) is 3.49. The minimum absolute atomic E-state index is 0.320. The molecule has 2 heterocycles. The molecule has 0 bridgehead atoms. The van der Waals surface area contributed by atoms with Gasteiger partial charge in [0, 0.05) is 40.1 Å². The Bertz CT molecular complexity index is 1040. The second-order valence-electron chi connectivity index (χ2n) is 7.43. The van der Waals surface area contributed by atoms with E-state index in [4.69, 9.17) is 11.6 Å². The lowest BCUT2D eigenvalue weighted by Gasteiger charge is -2.19.